The summed E-state index contributed by atoms with van der Waals surface area (Å²) in [6, 6.07) is 4.80. The van der Waals surface area contributed by atoms with E-state index in [2.05, 4.69) is 34.0 Å². The van der Waals surface area contributed by atoms with Crippen molar-refractivity contribution in [3.8, 4) is 0 Å². The van der Waals surface area contributed by atoms with Crippen molar-refractivity contribution < 1.29 is 4.74 Å². The molecule has 3 rings (SSSR count). The molecule has 4 nitrogen and oxygen atoms in total. The Morgan fingerprint density at radius 3 is 2.94 bits per heavy atom. The SMILES string of the molecule is CN1CCO[C@H]2CN(CCc3ccncc3)C[C@@H]21. The summed E-state index contributed by atoms with van der Waals surface area (Å²) in [6.45, 7) is 5.30. The van der Waals surface area contributed by atoms with E-state index >= 15 is 0 Å². The molecule has 0 N–H and O–H groups in total. The molecule has 1 aromatic rings. The quantitative estimate of drug-likeness (QED) is 0.784. The van der Waals surface area contributed by atoms with E-state index in [9.17, 15) is 0 Å². The standard InChI is InChI=1S/C14H21N3O/c1-16-8-9-18-14-11-17(10-13(14)16)7-4-12-2-5-15-6-3-12/h2-3,5-6,13-14H,4,7-11H2,1H3/t13-,14-/m0/s1. The molecule has 2 aliphatic rings. The molecule has 0 unspecified atom stereocenters. The third kappa shape index (κ3) is 2.55. The molecule has 0 radical (unpaired) electrons. The maximum absolute atomic E-state index is 5.86. The van der Waals surface area contributed by atoms with Crippen LogP contribution >= 0.6 is 0 Å². The molecule has 2 aliphatic heterocycles. The van der Waals surface area contributed by atoms with E-state index < -0.39 is 0 Å². The van der Waals surface area contributed by atoms with Crippen LogP contribution < -0.4 is 0 Å². The third-order valence-electron chi connectivity index (χ3n) is 4.12. The van der Waals surface area contributed by atoms with E-state index in [1.165, 1.54) is 5.56 Å². The molecule has 2 saturated heterocycles. The van der Waals surface area contributed by atoms with Crippen LogP contribution in [0.1, 0.15) is 5.56 Å². The van der Waals surface area contributed by atoms with E-state index in [4.69, 9.17) is 4.74 Å². The molecule has 0 amide bonds. The molecule has 0 saturated carbocycles. The monoisotopic (exact) mass is 247 g/mol. The highest BCUT2D eigenvalue weighted by Crippen LogP contribution is 2.21. The summed E-state index contributed by atoms with van der Waals surface area (Å²) in [7, 11) is 2.21. The van der Waals surface area contributed by atoms with Gasteiger partial charge in [-0.25, -0.2) is 0 Å². The average Bonchev–Trinajstić information content (AvgIpc) is 2.82. The van der Waals surface area contributed by atoms with Crippen LogP contribution in [0.25, 0.3) is 0 Å². The molecule has 3 heterocycles. The predicted molar refractivity (Wildman–Crippen MR) is 70.5 cm³/mol. The Labute approximate surface area is 109 Å². The Hall–Kier alpha value is -0.970. The Bertz CT molecular complexity index is 384. The molecule has 1 aromatic heterocycles. The number of likely N-dealkylation sites (tertiary alicyclic amines) is 1. The minimum absolute atomic E-state index is 0.418. The summed E-state index contributed by atoms with van der Waals surface area (Å²) in [4.78, 5) is 9.02. The second-order valence-corrected chi connectivity index (χ2v) is 5.32. The van der Waals surface area contributed by atoms with Crippen LogP contribution in [0.5, 0.6) is 0 Å². The molecule has 18 heavy (non-hydrogen) atoms. The Kier molecular flexibility index (Phi) is 3.59. The number of morpholine rings is 1. The van der Waals surface area contributed by atoms with E-state index in [0.29, 0.717) is 12.1 Å². The molecular weight excluding hydrogens is 226 g/mol. The Morgan fingerprint density at radius 1 is 1.33 bits per heavy atom. The van der Waals surface area contributed by atoms with Gasteiger partial charge in [-0.05, 0) is 31.2 Å². The zero-order valence-corrected chi connectivity index (χ0v) is 11.0. The summed E-state index contributed by atoms with van der Waals surface area (Å²) in [5, 5.41) is 0. The molecule has 2 atom stereocenters. The van der Waals surface area contributed by atoms with Crippen molar-refractivity contribution in [3.05, 3.63) is 30.1 Å². The predicted octanol–water partition coefficient (Wildman–Crippen LogP) is 0.639. The van der Waals surface area contributed by atoms with Crippen molar-refractivity contribution in [2.75, 3.05) is 39.8 Å². The molecule has 0 aliphatic carbocycles. The Morgan fingerprint density at radius 2 is 2.17 bits per heavy atom. The van der Waals surface area contributed by atoms with Gasteiger partial charge in [-0.1, -0.05) is 0 Å². The van der Waals surface area contributed by atoms with Crippen molar-refractivity contribution in [2.24, 2.45) is 0 Å². The number of aromatic nitrogens is 1. The first-order valence-electron chi connectivity index (χ1n) is 6.76. The fourth-order valence-corrected chi connectivity index (χ4v) is 2.95. The molecule has 0 aromatic carbocycles. The fraction of sp³-hybridized carbons (Fsp3) is 0.643. The van der Waals surface area contributed by atoms with Crippen LogP contribution in [0.2, 0.25) is 0 Å². The van der Waals surface area contributed by atoms with Gasteiger partial charge in [0.25, 0.3) is 0 Å². The van der Waals surface area contributed by atoms with Gasteiger partial charge in [0, 0.05) is 44.6 Å². The number of fused-ring (bicyclic) bond motifs is 1. The number of hydrogen-bond acceptors (Lipinski definition) is 4. The van der Waals surface area contributed by atoms with Gasteiger partial charge in [0.15, 0.2) is 0 Å². The van der Waals surface area contributed by atoms with Gasteiger partial charge in [-0.15, -0.1) is 0 Å². The van der Waals surface area contributed by atoms with Gasteiger partial charge in [0.05, 0.1) is 12.7 Å². The molecule has 2 fully saturated rings. The largest absolute Gasteiger partial charge is 0.374 e. The second-order valence-electron chi connectivity index (χ2n) is 5.32. The first-order valence-corrected chi connectivity index (χ1v) is 6.76. The van der Waals surface area contributed by atoms with Crippen molar-refractivity contribution >= 4 is 0 Å². The number of nitrogens with zero attached hydrogens (tertiary/aromatic N) is 3. The van der Waals surface area contributed by atoms with Crippen LogP contribution in [-0.2, 0) is 11.2 Å². The number of ether oxygens (including phenoxy) is 1. The van der Waals surface area contributed by atoms with Crippen LogP contribution in [-0.4, -0.2) is 66.8 Å². The zero-order valence-electron chi connectivity index (χ0n) is 11.0. The number of hydrogen-bond donors (Lipinski definition) is 0. The van der Waals surface area contributed by atoms with Crippen LogP contribution in [0, 0.1) is 0 Å². The molecule has 98 valence electrons. The summed E-state index contributed by atoms with van der Waals surface area (Å²) in [5.74, 6) is 0. The normalized spacial score (nSPS) is 29.4. The maximum Gasteiger partial charge on any atom is 0.0869 e. The lowest BCUT2D eigenvalue weighted by molar-refractivity contribution is -0.0369. The summed E-state index contributed by atoms with van der Waals surface area (Å²) in [5.41, 5.74) is 1.37. The van der Waals surface area contributed by atoms with E-state index in [0.717, 1.165) is 39.2 Å². The first-order chi connectivity index (χ1) is 8.83. The summed E-state index contributed by atoms with van der Waals surface area (Å²) < 4.78 is 5.86. The van der Waals surface area contributed by atoms with Crippen LogP contribution in [0.15, 0.2) is 24.5 Å². The highest BCUT2D eigenvalue weighted by atomic mass is 16.5. The van der Waals surface area contributed by atoms with Crippen molar-refractivity contribution in [2.45, 2.75) is 18.6 Å². The van der Waals surface area contributed by atoms with Crippen LogP contribution in [0.4, 0.5) is 0 Å². The van der Waals surface area contributed by atoms with Crippen molar-refractivity contribution in [3.63, 3.8) is 0 Å². The maximum atomic E-state index is 5.86. The van der Waals surface area contributed by atoms with Crippen molar-refractivity contribution in [1.29, 1.82) is 0 Å². The highest BCUT2D eigenvalue weighted by Gasteiger charge is 2.38. The smallest absolute Gasteiger partial charge is 0.0869 e. The lowest BCUT2D eigenvalue weighted by Crippen LogP contribution is -2.48. The minimum atomic E-state index is 0.418. The van der Waals surface area contributed by atoms with Gasteiger partial charge in [-0.2, -0.15) is 0 Å². The Balaban J connectivity index is 1.53. The zero-order chi connectivity index (χ0) is 12.4. The lowest BCUT2D eigenvalue weighted by Gasteiger charge is -2.33. The van der Waals surface area contributed by atoms with E-state index in [-0.39, 0.29) is 0 Å². The van der Waals surface area contributed by atoms with E-state index in [1.54, 1.807) is 0 Å². The molecule has 4 heteroatoms. The summed E-state index contributed by atoms with van der Waals surface area (Å²) >= 11 is 0. The summed E-state index contributed by atoms with van der Waals surface area (Å²) in [6.07, 6.45) is 5.26. The van der Waals surface area contributed by atoms with Gasteiger partial charge in [0.2, 0.25) is 0 Å². The van der Waals surface area contributed by atoms with Gasteiger partial charge in [-0.3, -0.25) is 14.8 Å². The molecule has 0 bridgehead atoms. The number of rotatable bonds is 3. The first kappa shape index (κ1) is 12.1. The number of pyridine rings is 1. The van der Waals surface area contributed by atoms with Gasteiger partial charge in [0.1, 0.15) is 0 Å². The minimum Gasteiger partial charge on any atom is -0.374 e. The second kappa shape index (κ2) is 5.34. The topological polar surface area (TPSA) is 28.6 Å². The number of likely N-dealkylation sites (N-methyl/N-ethyl adjacent to an activating group) is 1. The average molecular weight is 247 g/mol. The van der Waals surface area contributed by atoms with Gasteiger partial charge < -0.3 is 4.74 Å². The lowest BCUT2D eigenvalue weighted by atomic mass is 10.1. The molecular formula is C14H21N3O. The highest BCUT2D eigenvalue weighted by molar-refractivity contribution is 5.10. The third-order valence-corrected chi connectivity index (χ3v) is 4.12. The van der Waals surface area contributed by atoms with Gasteiger partial charge >= 0.3 is 0 Å². The molecule has 0 spiro atoms. The van der Waals surface area contributed by atoms with E-state index in [1.807, 2.05) is 12.4 Å². The van der Waals surface area contributed by atoms with Crippen molar-refractivity contribution in [1.82, 2.24) is 14.8 Å². The van der Waals surface area contributed by atoms with Crippen LogP contribution in [0.3, 0.4) is 0 Å². The fourth-order valence-electron chi connectivity index (χ4n) is 2.95.